The first-order valence-corrected chi connectivity index (χ1v) is 9.30. The van der Waals surface area contributed by atoms with E-state index in [1.807, 2.05) is 30.3 Å². The van der Waals surface area contributed by atoms with E-state index in [-0.39, 0.29) is 6.54 Å². The zero-order chi connectivity index (χ0) is 19.7. The van der Waals surface area contributed by atoms with Gasteiger partial charge in [0.2, 0.25) is 0 Å². The normalized spacial score (nSPS) is 14.1. The Bertz CT molecular complexity index is 1050. The number of ether oxygens (including phenoxy) is 1. The standard InChI is InChI=1S/C20H15N3O4S/c1-27-16-9-7-15(8-10-16)23-19(25)18(24)22(20(23)26)11-14-12-28-17(21-14)13-5-3-2-4-6-13/h2-10,12H,11H2,1H3. The van der Waals surface area contributed by atoms with Crippen molar-refractivity contribution < 1.29 is 19.1 Å². The third-order valence-electron chi connectivity index (χ3n) is 4.28. The second kappa shape index (κ2) is 7.24. The van der Waals surface area contributed by atoms with Crippen LogP contribution in [0, 0.1) is 0 Å². The van der Waals surface area contributed by atoms with Crippen molar-refractivity contribution in [2.75, 3.05) is 12.0 Å². The van der Waals surface area contributed by atoms with E-state index in [0.717, 1.165) is 20.4 Å². The summed E-state index contributed by atoms with van der Waals surface area (Å²) in [6, 6.07) is 15.3. The summed E-state index contributed by atoms with van der Waals surface area (Å²) in [6.07, 6.45) is 0. The third kappa shape index (κ3) is 3.14. The molecule has 2 heterocycles. The molecule has 28 heavy (non-hydrogen) atoms. The van der Waals surface area contributed by atoms with Gasteiger partial charge in [0.1, 0.15) is 10.8 Å². The SMILES string of the molecule is COc1ccc(N2C(=O)C(=O)N(Cc3csc(-c4ccccc4)n3)C2=O)cc1. The average Bonchev–Trinajstić information content (AvgIpc) is 3.28. The van der Waals surface area contributed by atoms with Gasteiger partial charge in [-0.05, 0) is 24.3 Å². The molecule has 1 fully saturated rings. The van der Waals surface area contributed by atoms with Crippen LogP contribution in [0.5, 0.6) is 5.75 Å². The van der Waals surface area contributed by atoms with Crippen molar-refractivity contribution in [2.24, 2.45) is 0 Å². The minimum absolute atomic E-state index is 0.0562. The van der Waals surface area contributed by atoms with Crippen LogP contribution in [0.3, 0.4) is 0 Å². The molecule has 2 aromatic carbocycles. The van der Waals surface area contributed by atoms with E-state index in [4.69, 9.17) is 4.74 Å². The Hall–Kier alpha value is -3.52. The Morgan fingerprint density at radius 1 is 0.964 bits per heavy atom. The lowest BCUT2D eigenvalue weighted by molar-refractivity contribution is -0.139. The molecule has 0 unspecified atom stereocenters. The number of hydrogen-bond donors (Lipinski definition) is 0. The monoisotopic (exact) mass is 393 g/mol. The van der Waals surface area contributed by atoms with E-state index in [9.17, 15) is 14.4 Å². The number of carbonyl (C=O) groups excluding carboxylic acids is 3. The van der Waals surface area contributed by atoms with Crippen molar-refractivity contribution in [3.63, 3.8) is 0 Å². The number of anilines is 1. The van der Waals surface area contributed by atoms with Gasteiger partial charge in [-0.15, -0.1) is 11.3 Å². The maximum atomic E-state index is 12.7. The van der Waals surface area contributed by atoms with Gasteiger partial charge < -0.3 is 4.74 Å². The summed E-state index contributed by atoms with van der Waals surface area (Å²) in [5, 5.41) is 2.57. The lowest BCUT2D eigenvalue weighted by Crippen LogP contribution is -2.33. The Kier molecular flexibility index (Phi) is 4.62. The van der Waals surface area contributed by atoms with E-state index >= 15 is 0 Å². The molecule has 1 aliphatic rings. The van der Waals surface area contributed by atoms with E-state index in [1.165, 1.54) is 18.4 Å². The van der Waals surface area contributed by atoms with Crippen LogP contribution in [0.15, 0.2) is 60.0 Å². The van der Waals surface area contributed by atoms with Crippen LogP contribution in [0.2, 0.25) is 0 Å². The number of nitrogens with zero attached hydrogens (tertiary/aromatic N) is 3. The van der Waals surface area contributed by atoms with Crippen molar-refractivity contribution in [3.05, 3.63) is 65.7 Å². The summed E-state index contributed by atoms with van der Waals surface area (Å²) >= 11 is 1.42. The minimum Gasteiger partial charge on any atom is -0.497 e. The van der Waals surface area contributed by atoms with Gasteiger partial charge >= 0.3 is 17.8 Å². The van der Waals surface area contributed by atoms with E-state index < -0.39 is 17.8 Å². The number of aromatic nitrogens is 1. The molecular weight excluding hydrogens is 378 g/mol. The Labute approximate surface area is 164 Å². The number of thiazole rings is 1. The molecule has 0 aliphatic carbocycles. The highest BCUT2D eigenvalue weighted by Crippen LogP contribution is 2.27. The zero-order valence-corrected chi connectivity index (χ0v) is 15.7. The highest BCUT2D eigenvalue weighted by atomic mass is 32.1. The van der Waals surface area contributed by atoms with Crippen LogP contribution in [-0.4, -0.2) is 34.8 Å². The van der Waals surface area contributed by atoms with Gasteiger partial charge in [0.05, 0.1) is 25.0 Å². The van der Waals surface area contributed by atoms with Crippen LogP contribution < -0.4 is 9.64 Å². The van der Waals surface area contributed by atoms with Gasteiger partial charge in [-0.1, -0.05) is 30.3 Å². The molecular formula is C20H15N3O4S. The number of carbonyl (C=O) groups is 3. The smallest absolute Gasteiger partial charge is 0.339 e. The van der Waals surface area contributed by atoms with Gasteiger partial charge in [-0.25, -0.2) is 19.6 Å². The zero-order valence-electron chi connectivity index (χ0n) is 14.9. The molecule has 0 bridgehead atoms. The topological polar surface area (TPSA) is 79.8 Å². The number of amides is 4. The van der Waals surface area contributed by atoms with Gasteiger partial charge in [-0.2, -0.15) is 0 Å². The molecule has 0 N–H and O–H groups in total. The van der Waals surface area contributed by atoms with Crippen LogP contribution in [0.25, 0.3) is 10.6 Å². The van der Waals surface area contributed by atoms with Gasteiger partial charge in [-0.3, -0.25) is 9.59 Å². The predicted octanol–water partition coefficient (Wildman–Crippen LogP) is 3.31. The van der Waals surface area contributed by atoms with Crippen LogP contribution in [0.4, 0.5) is 10.5 Å². The van der Waals surface area contributed by atoms with Crippen molar-refractivity contribution in [2.45, 2.75) is 6.54 Å². The Morgan fingerprint density at radius 3 is 2.36 bits per heavy atom. The first kappa shape index (κ1) is 17.9. The predicted molar refractivity (Wildman–Crippen MR) is 104 cm³/mol. The molecule has 0 radical (unpaired) electrons. The molecule has 4 rings (SSSR count). The molecule has 0 atom stereocenters. The number of benzene rings is 2. The fourth-order valence-electron chi connectivity index (χ4n) is 2.86. The first-order chi connectivity index (χ1) is 13.6. The quantitative estimate of drug-likeness (QED) is 0.491. The van der Waals surface area contributed by atoms with E-state index in [2.05, 4.69) is 4.98 Å². The molecule has 140 valence electrons. The number of rotatable bonds is 5. The summed E-state index contributed by atoms with van der Waals surface area (Å²) in [5.74, 6) is -1.16. The molecule has 0 saturated carbocycles. The molecule has 1 saturated heterocycles. The number of hydrogen-bond acceptors (Lipinski definition) is 6. The van der Waals surface area contributed by atoms with Crippen molar-refractivity contribution in [1.29, 1.82) is 0 Å². The Balaban J connectivity index is 1.55. The molecule has 1 aliphatic heterocycles. The number of imide groups is 2. The molecule has 0 spiro atoms. The maximum absolute atomic E-state index is 12.7. The van der Waals surface area contributed by atoms with Crippen LogP contribution >= 0.6 is 11.3 Å². The Morgan fingerprint density at radius 2 is 1.68 bits per heavy atom. The van der Waals surface area contributed by atoms with Gasteiger partial charge in [0, 0.05) is 10.9 Å². The van der Waals surface area contributed by atoms with Crippen LogP contribution in [-0.2, 0) is 16.1 Å². The largest absolute Gasteiger partial charge is 0.497 e. The highest BCUT2D eigenvalue weighted by Gasteiger charge is 2.45. The van der Waals surface area contributed by atoms with Crippen molar-refractivity contribution in [3.8, 4) is 16.3 Å². The summed E-state index contributed by atoms with van der Waals surface area (Å²) in [7, 11) is 1.52. The molecule has 1 aromatic heterocycles. The second-order valence-electron chi connectivity index (χ2n) is 6.02. The fraction of sp³-hybridized carbons (Fsp3) is 0.100. The molecule has 3 aromatic rings. The van der Waals surface area contributed by atoms with Crippen LogP contribution in [0.1, 0.15) is 5.69 Å². The summed E-state index contributed by atoms with van der Waals surface area (Å²) in [6.45, 7) is -0.0562. The number of methoxy groups -OCH3 is 1. The lowest BCUT2D eigenvalue weighted by atomic mass is 10.2. The average molecular weight is 393 g/mol. The third-order valence-corrected chi connectivity index (χ3v) is 5.22. The molecule has 7 nitrogen and oxygen atoms in total. The van der Waals surface area contributed by atoms with Crippen molar-refractivity contribution in [1.82, 2.24) is 9.88 Å². The minimum atomic E-state index is -0.881. The maximum Gasteiger partial charge on any atom is 0.339 e. The highest BCUT2D eigenvalue weighted by molar-refractivity contribution is 7.13. The van der Waals surface area contributed by atoms with Gasteiger partial charge in [0.15, 0.2) is 0 Å². The summed E-state index contributed by atoms with van der Waals surface area (Å²) < 4.78 is 5.07. The first-order valence-electron chi connectivity index (χ1n) is 8.42. The number of urea groups is 1. The molecule has 8 heteroatoms. The summed E-state index contributed by atoms with van der Waals surface area (Å²) in [5.41, 5.74) is 1.82. The molecule has 4 amide bonds. The van der Waals surface area contributed by atoms with E-state index in [1.54, 1.807) is 29.6 Å². The second-order valence-corrected chi connectivity index (χ2v) is 6.88. The van der Waals surface area contributed by atoms with Gasteiger partial charge in [0.25, 0.3) is 0 Å². The lowest BCUT2D eigenvalue weighted by Gasteiger charge is -2.15. The van der Waals surface area contributed by atoms with Crippen molar-refractivity contribution >= 4 is 34.9 Å². The van der Waals surface area contributed by atoms with E-state index in [0.29, 0.717) is 17.1 Å². The fourth-order valence-corrected chi connectivity index (χ4v) is 3.68. The summed E-state index contributed by atoms with van der Waals surface area (Å²) in [4.78, 5) is 43.7.